The van der Waals surface area contributed by atoms with Gasteiger partial charge >= 0.3 is 6.09 Å². The normalized spacial score (nSPS) is 15.1. The molecule has 1 atom stereocenters. The first-order chi connectivity index (χ1) is 17.1. The molecule has 7 nitrogen and oxygen atoms in total. The standard InChI is InChI=1S/C29H47N3O4/c1-6-7-8-9-13-20-32(25(33)21-30-28(35)36-29(3,4)5)26(23-18-16-22(2)17-19-23)27(34)31-24-14-11-10-12-15-24/h16-19,24,26H,6-15,20-21H2,1-5H3,(H,30,35)(H,31,34). The highest BCUT2D eigenvalue weighted by Crippen LogP contribution is 2.25. The first-order valence-electron chi connectivity index (χ1n) is 13.7. The molecule has 1 aromatic carbocycles. The highest BCUT2D eigenvalue weighted by Gasteiger charge is 2.33. The Kier molecular flexibility index (Phi) is 12.2. The molecule has 7 heteroatoms. The number of rotatable bonds is 12. The lowest BCUT2D eigenvalue weighted by atomic mass is 9.94. The molecule has 1 fully saturated rings. The summed E-state index contributed by atoms with van der Waals surface area (Å²) in [4.78, 5) is 41.0. The van der Waals surface area contributed by atoms with Crippen molar-refractivity contribution in [1.29, 1.82) is 0 Å². The first-order valence-corrected chi connectivity index (χ1v) is 13.7. The van der Waals surface area contributed by atoms with Gasteiger partial charge in [0.2, 0.25) is 11.8 Å². The summed E-state index contributed by atoms with van der Waals surface area (Å²) in [6.07, 6.45) is 9.90. The Hall–Kier alpha value is -2.57. The predicted octanol–water partition coefficient (Wildman–Crippen LogP) is 5.81. The number of nitrogens with one attached hydrogen (secondary N) is 2. The summed E-state index contributed by atoms with van der Waals surface area (Å²) in [6, 6.07) is 7.20. The molecule has 202 valence electrons. The Balaban J connectivity index is 2.25. The molecule has 0 saturated heterocycles. The predicted molar refractivity (Wildman–Crippen MR) is 144 cm³/mol. The number of nitrogens with zero attached hydrogens (tertiary/aromatic N) is 1. The molecule has 2 rings (SSSR count). The Morgan fingerprint density at radius 1 is 1.00 bits per heavy atom. The van der Waals surface area contributed by atoms with E-state index in [9.17, 15) is 14.4 Å². The summed E-state index contributed by atoms with van der Waals surface area (Å²) in [5.74, 6) is -0.439. The van der Waals surface area contributed by atoms with Crippen LogP contribution in [-0.2, 0) is 14.3 Å². The Morgan fingerprint density at radius 2 is 1.64 bits per heavy atom. The van der Waals surface area contributed by atoms with Crippen LogP contribution in [0, 0.1) is 6.92 Å². The van der Waals surface area contributed by atoms with E-state index in [1.165, 1.54) is 6.42 Å². The number of benzene rings is 1. The number of carbonyl (C=O) groups excluding carboxylic acids is 3. The minimum absolute atomic E-state index is 0.139. The van der Waals surface area contributed by atoms with E-state index in [1.54, 1.807) is 25.7 Å². The van der Waals surface area contributed by atoms with Crippen LogP contribution in [0.2, 0.25) is 0 Å². The van der Waals surface area contributed by atoms with Crippen molar-refractivity contribution >= 4 is 17.9 Å². The summed E-state index contributed by atoms with van der Waals surface area (Å²) in [7, 11) is 0. The van der Waals surface area contributed by atoms with Gasteiger partial charge in [-0.1, -0.05) is 81.7 Å². The molecule has 0 spiro atoms. The molecular weight excluding hydrogens is 454 g/mol. The number of aryl methyl sites for hydroxylation is 1. The van der Waals surface area contributed by atoms with E-state index in [4.69, 9.17) is 4.74 Å². The lowest BCUT2D eigenvalue weighted by Gasteiger charge is -2.33. The van der Waals surface area contributed by atoms with Crippen LogP contribution in [-0.4, -0.2) is 47.5 Å². The molecule has 0 radical (unpaired) electrons. The first kappa shape index (κ1) is 29.7. The monoisotopic (exact) mass is 501 g/mol. The molecule has 0 aliphatic heterocycles. The average molecular weight is 502 g/mol. The Morgan fingerprint density at radius 3 is 2.25 bits per heavy atom. The summed E-state index contributed by atoms with van der Waals surface area (Å²) < 4.78 is 5.30. The van der Waals surface area contributed by atoms with E-state index in [-0.39, 0.29) is 24.4 Å². The van der Waals surface area contributed by atoms with Crippen molar-refractivity contribution in [3.8, 4) is 0 Å². The van der Waals surface area contributed by atoms with Gasteiger partial charge in [-0.15, -0.1) is 0 Å². The third-order valence-corrected chi connectivity index (χ3v) is 6.51. The van der Waals surface area contributed by atoms with E-state index < -0.39 is 17.7 Å². The second-order valence-electron chi connectivity index (χ2n) is 11.0. The molecule has 0 bridgehead atoms. The minimum Gasteiger partial charge on any atom is -0.444 e. The fourth-order valence-electron chi connectivity index (χ4n) is 4.60. The quantitative estimate of drug-likeness (QED) is 0.354. The van der Waals surface area contributed by atoms with Gasteiger partial charge < -0.3 is 20.3 Å². The van der Waals surface area contributed by atoms with Gasteiger partial charge in [0, 0.05) is 12.6 Å². The fourth-order valence-corrected chi connectivity index (χ4v) is 4.60. The number of unbranched alkanes of at least 4 members (excludes halogenated alkanes) is 4. The van der Waals surface area contributed by atoms with Gasteiger partial charge in [-0.25, -0.2) is 4.79 Å². The van der Waals surface area contributed by atoms with Crippen molar-refractivity contribution in [3.05, 3.63) is 35.4 Å². The van der Waals surface area contributed by atoms with Gasteiger partial charge in [-0.3, -0.25) is 9.59 Å². The van der Waals surface area contributed by atoms with Gasteiger partial charge in [0.15, 0.2) is 0 Å². The zero-order valence-corrected chi connectivity index (χ0v) is 23.0. The van der Waals surface area contributed by atoms with Crippen LogP contribution in [0.25, 0.3) is 0 Å². The minimum atomic E-state index is -0.744. The number of alkyl carbamates (subject to hydrolysis) is 1. The Labute approximate surface area is 217 Å². The van der Waals surface area contributed by atoms with Crippen LogP contribution in [0.1, 0.15) is 109 Å². The van der Waals surface area contributed by atoms with E-state index >= 15 is 0 Å². The van der Waals surface area contributed by atoms with Gasteiger partial charge in [0.25, 0.3) is 0 Å². The van der Waals surface area contributed by atoms with E-state index in [2.05, 4.69) is 17.6 Å². The summed E-state index contributed by atoms with van der Waals surface area (Å²) >= 11 is 0. The largest absolute Gasteiger partial charge is 0.444 e. The highest BCUT2D eigenvalue weighted by molar-refractivity contribution is 5.90. The van der Waals surface area contributed by atoms with Crippen LogP contribution in [0.5, 0.6) is 0 Å². The number of ether oxygens (including phenoxy) is 1. The average Bonchev–Trinajstić information content (AvgIpc) is 2.82. The molecule has 0 aromatic heterocycles. The van der Waals surface area contributed by atoms with Crippen LogP contribution in [0.15, 0.2) is 24.3 Å². The van der Waals surface area contributed by atoms with Crippen molar-refractivity contribution in [2.24, 2.45) is 0 Å². The van der Waals surface area contributed by atoms with Crippen molar-refractivity contribution in [2.45, 2.75) is 117 Å². The molecule has 3 amide bonds. The third kappa shape index (κ3) is 10.6. The van der Waals surface area contributed by atoms with Crippen LogP contribution in [0.4, 0.5) is 4.79 Å². The maximum absolute atomic E-state index is 13.7. The van der Waals surface area contributed by atoms with Gasteiger partial charge in [0.05, 0.1) is 0 Å². The molecule has 1 unspecified atom stereocenters. The van der Waals surface area contributed by atoms with Gasteiger partial charge in [-0.05, 0) is 52.5 Å². The third-order valence-electron chi connectivity index (χ3n) is 6.51. The lowest BCUT2D eigenvalue weighted by molar-refractivity contribution is -0.140. The molecule has 1 aliphatic carbocycles. The number of amides is 3. The van der Waals surface area contributed by atoms with E-state index in [1.807, 2.05) is 31.2 Å². The van der Waals surface area contributed by atoms with Crippen molar-refractivity contribution in [2.75, 3.05) is 13.1 Å². The maximum atomic E-state index is 13.7. The summed E-state index contributed by atoms with van der Waals surface area (Å²) in [5, 5.41) is 5.81. The number of hydrogen-bond acceptors (Lipinski definition) is 4. The number of carbonyl (C=O) groups is 3. The molecule has 1 aromatic rings. The zero-order valence-electron chi connectivity index (χ0n) is 23.0. The molecule has 1 saturated carbocycles. The van der Waals surface area contributed by atoms with Crippen molar-refractivity contribution < 1.29 is 19.1 Å². The van der Waals surface area contributed by atoms with E-state index in [0.29, 0.717) is 6.54 Å². The number of hydrogen-bond donors (Lipinski definition) is 2. The SMILES string of the molecule is CCCCCCCN(C(=O)CNC(=O)OC(C)(C)C)C(C(=O)NC1CCCCC1)c1ccc(C)cc1. The van der Waals surface area contributed by atoms with Crippen LogP contribution >= 0.6 is 0 Å². The van der Waals surface area contributed by atoms with Crippen molar-refractivity contribution in [3.63, 3.8) is 0 Å². The zero-order chi connectivity index (χ0) is 26.6. The molecule has 1 aliphatic rings. The summed E-state index contributed by atoms with van der Waals surface area (Å²) in [5.41, 5.74) is 1.22. The molecule has 0 heterocycles. The second kappa shape index (κ2) is 14.9. The Bertz CT molecular complexity index is 826. The summed E-state index contributed by atoms with van der Waals surface area (Å²) in [6.45, 7) is 9.74. The molecule has 2 N–H and O–H groups in total. The second-order valence-corrected chi connectivity index (χ2v) is 11.0. The van der Waals surface area contributed by atoms with Crippen LogP contribution < -0.4 is 10.6 Å². The van der Waals surface area contributed by atoms with E-state index in [0.717, 1.165) is 68.9 Å². The fraction of sp³-hybridized carbons (Fsp3) is 0.690. The lowest BCUT2D eigenvalue weighted by Crippen LogP contribution is -2.50. The topological polar surface area (TPSA) is 87.7 Å². The van der Waals surface area contributed by atoms with Gasteiger partial charge in [0.1, 0.15) is 18.2 Å². The van der Waals surface area contributed by atoms with Crippen LogP contribution in [0.3, 0.4) is 0 Å². The van der Waals surface area contributed by atoms with Gasteiger partial charge in [-0.2, -0.15) is 0 Å². The van der Waals surface area contributed by atoms with Crippen molar-refractivity contribution in [1.82, 2.24) is 15.5 Å². The highest BCUT2D eigenvalue weighted by atomic mass is 16.6. The maximum Gasteiger partial charge on any atom is 0.408 e. The molecular formula is C29H47N3O4. The smallest absolute Gasteiger partial charge is 0.408 e. The molecule has 36 heavy (non-hydrogen) atoms.